The molecule has 0 radical (unpaired) electrons. The third kappa shape index (κ3) is 4.67. The van der Waals surface area contributed by atoms with Gasteiger partial charge < -0.3 is 19.5 Å². The monoisotopic (exact) mass is 476 g/mol. The van der Waals surface area contributed by atoms with Crippen LogP contribution in [0.4, 0.5) is 5.69 Å². The Kier molecular flexibility index (Phi) is 6.82. The van der Waals surface area contributed by atoms with Crippen molar-refractivity contribution in [3.8, 4) is 11.4 Å². The Morgan fingerprint density at radius 1 is 1.03 bits per heavy atom. The average molecular weight is 477 g/mol. The maximum Gasteiger partial charge on any atom is 0.233 e. The van der Waals surface area contributed by atoms with Gasteiger partial charge in [0.15, 0.2) is 11.0 Å². The standard InChI is InChI=1S/C25H28N6O2S/c1-33-16-15-31-24(21-17-26-22-10-6-5-9-20(21)22)27-28-25(31)34-18-23(32)30-13-11-29(12-14-30)19-7-3-2-4-8-19/h2-10,17,26H,11-16,18H2,1H3. The van der Waals surface area contributed by atoms with Crippen molar-refractivity contribution in [2.24, 2.45) is 0 Å². The summed E-state index contributed by atoms with van der Waals surface area (Å²) in [5, 5.41) is 10.7. The molecule has 1 amide bonds. The lowest BCUT2D eigenvalue weighted by atomic mass is 10.1. The number of carbonyl (C=O) groups excluding carboxylic acids is 1. The van der Waals surface area contributed by atoms with E-state index in [9.17, 15) is 4.79 Å². The number of benzene rings is 2. The third-order valence-electron chi connectivity index (χ3n) is 6.14. The van der Waals surface area contributed by atoms with Gasteiger partial charge in [0, 0.05) is 61.6 Å². The van der Waals surface area contributed by atoms with E-state index in [-0.39, 0.29) is 5.91 Å². The average Bonchev–Trinajstić information content (AvgIpc) is 3.50. The zero-order chi connectivity index (χ0) is 23.3. The highest BCUT2D eigenvalue weighted by molar-refractivity contribution is 7.99. The molecule has 8 nitrogen and oxygen atoms in total. The van der Waals surface area contributed by atoms with E-state index in [1.54, 1.807) is 7.11 Å². The number of para-hydroxylation sites is 2. The highest BCUT2D eigenvalue weighted by Crippen LogP contribution is 2.30. The smallest absolute Gasteiger partial charge is 0.233 e. The van der Waals surface area contributed by atoms with Crippen LogP contribution in [0.1, 0.15) is 0 Å². The predicted molar refractivity (Wildman–Crippen MR) is 135 cm³/mol. The molecule has 3 heterocycles. The van der Waals surface area contributed by atoms with E-state index in [4.69, 9.17) is 4.74 Å². The van der Waals surface area contributed by atoms with Crippen LogP contribution in [0.3, 0.4) is 0 Å². The molecular formula is C25H28N6O2S. The summed E-state index contributed by atoms with van der Waals surface area (Å²) >= 11 is 1.44. The van der Waals surface area contributed by atoms with Crippen LogP contribution >= 0.6 is 11.8 Å². The molecule has 2 aromatic heterocycles. The molecule has 0 unspecified atom stereocenters. The van der Waals surface area contributed by atoms with Gasteiger partial charge in [0.05, 0.1) is 18.9 Å². The number of anilines is 1. The summed E-state index contributed by atoms with van der Waals surface area (Å²) in [6.07, 6.45) is 1.96. The first-order chi connectivity index (χ1) is 16.7. The first-order valence-electron chi connectivity index (χ1n) is 11.4. The van der Waals surface area contributed by atoms with Crippen LogP contribution in [-0.4, -0.2) is 76.2 Å². The number of ether oxygens (including phenoxy) is 1. The number of amides is 1. The summed E-state index contributed by atoms with van der Waals surface area (Å²) in [4.78, 5) is 20.5. The van der Waals surface area contributed by atoms with Gasteiger partial charge in [-0.1, -0.05) is 48.2 Å². The van der Waals surface area contributed by atoms with E-state index in [1.165, 1.54) is 17.4 Å². The van der Waals surface area contributed by atoms with Crippen molar-refractivity contribution in [1.82, 2.24) is 24.6 Å². The van der Waals surface area contributed by atoms with E-state index in [0.29, 0.717) is 18.9 Å². The summed E-state index contributed by atoms with van der Waals surface area (Å²) in [5.41, 5.74) is 3.26. The number of piperazine rings is 1. The summed E-state index contributed by atoms with van der Waals surface area (Å²) in [5.74, 6) is 1.25. The Morgan fingerprint density at radius 3 is 2.59 bits per heavy atom. The number of hydrogen-bond acceptors (Lipinski definition) is 6. The van der Waals surface area contributed by atoms with E-state index >= 15 is 0 Å². The van der Waals surface area contributed by atoms with E-state index in [2.05, 4.69) is 38.3 Å². The molecule has 9 heteroatoms. The van der Waals surface area contributed by atoms with Gasteiger partial charge in [0.25, 0.3) is 0 Å². The Labute approximate surface area is 202 Å². The van der Waals surface area contributed by atoms with Crippen molar-refractivity contribution in [2.75, 3.05) is 50.5 Å². The molecule has 34 heavy (non-hydrogen) atoms. The quantitative estimate of drug-likeness (QED) is 0.392. The van der Waals surface area contributed by atoms with Gasteiger partial charge in [0.1, 0.15) is 0 Å². The van der Waals surface area contributed by atoms with Crippen molar-refractivity contribution in [3.63, 3.8) is 0 Å². The Hall–Kier alpha value is -3.30. The number of carbonyl (C=O) groups is 1. The number of nitrogens with zero attached hydrogens (tertiary/aromatic N) is 5. The topological polar surface area (TPSA) is 79.3 Å². The molecule has 1 fully saturated rings. The van der Waals surface area contributed by atoms with Gasteiger partial charge in [0.2, 0.25) is 5.91 Å². The van der Waals surface area contributed by atoms with Crippen LogP contribution < -0.4 is 4.90 Å². The predicted octanol–water partition coefficient (Wildman–Crippen LogP) is 3.51. The molecule has 4 aromatic rings. The number of methoxy groups -OCH3 is 1. The van der Waals surface area contributed by atoms with Gasteiger partial charge >= 0.3 is 0 Å². The molecule has 1 N–H and O–H groups in total. The Bertz CT molecular complexity index is 1250. The lowest BCUT2D eigenvalue weighted by Gasteiger charge is -2.36. The highest BCUT2D eigenvalue weighted by Gasteiger charge is 2.23. The zero-order valence-electron chi connectivity index (χ0n) is 19.2. The van der Waals surface area contributed by atoms with Crippen molar-refractivity contribution in [2.45, 2.75) is 11.7 Å². The van der Waals surface area contributed by atoms with E-state index < -0.39 is 0 Å². The number of aromatic amines is 1. The van der Waals surface area contributed by atoms with Crippen molar-refractivity contribution in [3.05, 3.63) is 60.8 Å². The number of H-pyrrole nitrogens is 1. The highest BCUT2D eigenvalue weighted by atomic mass is 32.2. The molecule has 0 saturated carbocycles. The van der Waals surface area contributed by atoms with Crippen molar-refractivity contribution < 1.29 is 9.53 Å². The van der Waals surface area contributed by atoms with Crippen LogP contribution in [-0.2, 0) is 16.1 Å². The first-order valence-corrected chi connectivity index (χ1v) is 12.4. The van der Waals surface area contributed by atoms with Crippen molar-refractivity contribution in [1.29, 1.82) is 0 Å². The number of fused-ring (bicyclic) bond motifs is 1. The van der Waals surface area contributed by atoms with E-state index in [0.717, 1.165) is 53.6 Å². The first kappa shape index (κ1) is 22.5. The Morgan fingerprint density at radius 2 is 1.79 bits per heavy atom. The van der Waals surface area contributed by atoms with Gasteiger partial charge in [-0.15, -0.1) is 10.2 Å². The Balaban J connectivity index is 1.26. The van der Waals surface area contributed by atoms with Crippen LogP contribution in [0, 0.1) is 0 Å². The molecule has 176 valence electrons. The minimum absolute atomic E-state index is 0.132. The third-order valence-corrected chi connectivity index (χ3v) is 7.10. The van der Waals surface area contributed by atoms with E-state index in [1.807, 2.05) is 52.1 Å². The van der Waals surface area contributed by atoms with Crippen LogP contribution in [0.2, 0.25) is 0 Å². The van der Waals surface area contributed by atoms with Crippen molar-refractivity contribution >= 4 is 34.3 Å². The number of nitrogens with one attached hydrogen (secondary N) is 1. The molecule has 0 spiro atoms. The van der Waals surface area contributed by atoms with Gasteiger partial charge in [-0.25, -0.2) is 0 Å². The second kappa shape index (κ2) is 10.3. The normalized spacial score (nSPS) is 14.1. The summed E-state index contributed by atoms with van der Waals surface area (Å²) in [7, 11) is 1.68. The van der Waals surface area contributed by atoms with Crippen LogP contribution in [0.5, 0.6) is 0 Å². The fraction of sp³-hybridized carbons (Fsp3) is 0.320. The fourth-order valence-corrected chi connectivity index (χ4v) is 5.17. The lowest BCUT2D eigenvalue weighted by molar-refractivity contribution is -0.128. The molecule has 1 aliphatic heterocycles. The largest absolute Gasteiger partial charge is 0.383 e. The number of thioether (sulfide) groups is 1. The van der Waals surface area contributed by atoms with Crippen LogP contribution in [0.25, 0.3) is 22.3 Å². The second-order valence-electron chi connectivity index (χ2n) is 8.19. The maximum atomic E-state index is 12.9. The molecule has 5 rings (SSSR count). The fourth-order valence-electron chi connectivity index (χ4n) is 4.31. The molecule has 1 saturated heterocycles. The molecule has 0 atom stereocenters. The van der Waals surface area contributed by atoms with Gasteiger partial charge in [-0.3, -0.25) is 9.36 Å². The summed E-state index contributed by atoms with van der Waals surface area (Å²) < 4.78 is 7.37. The molecule has 0 bridgehead atoms. The molecule has 0 aliphatic carbocycles. The lowest BCUT2D eigenvalue weighted by Crippen LogP contribution is -2.49. The van der Waals surface area contributed by atoms with Gasteiger partial charge in [-0.2, -0.15) is 0 Å². The van der Waals surface area contributed by atoms with Crippen LogP contribution in [0.15, 0.2) is 66.0 Å². The number of hydrogen-bond donors (Lipinski definition) is 1. The van der Waals surface area contributed by atoms with Gasteiger partial charge in [-0.05, 0) is 18.2 Å². The summed E-state index contributed by atoms with van der Waals surface area (Å²) in [6, 6.07) is 18.5. The molecule has 2 aromatic carbocycles. The minimum Gasteiger partial charge on any atom is -0.383 e. The molecule has 1 aliphatic rings. The zero-order valence-corrected chi connectivity index (χ0v) is 20.0. The number of aromatic nitrogens is 4. The molecular weight excluding hydrogens is 448 g/mol. The summed E-state index contributed by atoms with van der Waals surface area (Å²) in [6.45, 7) is 4.29. The maximum absolute atomic E-state index is 12.9. The minimum atomic E-state index is 0.132. The SMILES string of the molecule is COCCn1c(SCC(=O)N2CCN(c3ccccc3)CC2)nnc1-c1c[nH]c2ccccc12. The number of rotatable bonds is 8. The second-order valence-corrected chi connectivity index (χ2v) is 9.13.